The molecule has 0 fully saturated rings. The summed E-state index contributed by atoms with van der Waals surface area (Å²) in [4.78, 5) is 0. The number of hydrogen-bond acceptors (Lipinski definition) is 2. The van der Waals surface area contributed by atoms with Gasteiger partial charge in [0.25, 0.3) is 0 Å². The van der Waals surface area contributed by atoms with E-state index in [4.69, 9.17) is 4.74 Å². The minimum atomic E-state index is -4.38. The highest BCUT2D eigenvalue weighted by atomic mass is 19.4. The molecule has 16 heavy (non-hydrogen) atoms. The van der Waals surface area contributed by atoms with E-state index in [1.807, 2.05) is 6.92 Å². The molecule has 0 aliphatic heterocycles. The molecule has 0 atom stereocenters. The van der Waals surface area contributed by atoms with Crippen LogP contribution in [0.4, 0.5) is 13.2 Å². The zero-order chi connectivity index (χ0) is 12.0. The number of ether oxygens (including phenoxy) is 1. The van der Waals surface area contributed by atoms with Crippen LogP contribution < -0.4 is 0 Å². The second kappa shape index (κ2) is 5.89. The van der Waals surface area contributed by atoms with Gasteiger partial charge in [-0.3, -0.25) is 5.10 Å². The summed E-state index contributed by atoms with van der Waals surface area (Å²) in [5, 5.41) is 5.55. The van der Waals surface area contributed by atoms with Gasteiger partial charge in [0.1, 0.15) is 0 Å². The second-order valence-electron chi connectivity index (χ2n) is 3.49. The summed E-state index contributed by atoms with van der Waals surface area (Å²) in [6.07, 6.45) is -1.94. The monoisotopic (exact) mass is 236 g/mol. The van der Waals surface area contributed by atoms with Crippen LogP contribution in [0.2, 0.25) is 0 Å². The van der Waals surface area contributed by atoms with E-state index in [1.165, 1.54) is 0 Å². The molecule has 1 rings (SSSR count). The van der Waals surface area contributed by atoms with Crippen molar-refractivity contribution in [2.24, 2.45) is 0 Å². The molecule has 0 saturated heterocycles. The average Bonchev–Trinajstić information content (AvgIpc) is 2.65. The Bertz CT molecular complexity index is 309. The van der Waals surface area contributed by atoms with Crippen molar-refractivity contribution in [3.05, 3.63) is 17.5 Å². The van der Waals surface area contributed by atoms with Crippen LogP contribution in [-0.4, -0.2) is 23.4 Å². The number of nitrogens with zero attached hydrogens (tertiary/aromatic N) is 1. The molecule has 1 aromatic heterocycles. The fraction of sp³-hybridized carbons (Fsp3) is 0.700. The topological polar surface area (TPSA) is 37.9 Å². The van der Waals surface area contributed by atoms with E-state index in [9.17, 15) is 13.2 Å². The summed E-state index contributed by atoms with van der Waals surface area (Å²) in [7, 11) is 0. The minimum Gasteiger partial charge on any atom is -0.381 e. The molecular formula is C10H15F3N2O. The van der Waals surface area contributed by atoms with Crippen molar-refractivity contribution in [3.8, 4) is 0 Å². The third-order valence-electron chi connectivity index (χ3n) is 2.08. The minimum absolute atomic E-state index is 0.416. The molecule has 0 spiro atoms. The molecule has 0 aliphatic rings. The van der Waals surface area contributed by atoms with E-state index in [0.717, 1.165) is 18.9 Å². The maximum absolute atomic E-state index is 12.2. The molecule has 0 aliphatic carbocycles. The summed E-state index contributed by atoms with van der Waals surface area (Å²) in [6.45, 7) is 3.12. The Kier molecular flexibility index (Phi) is 4.79. The van der Waals surface area contributed by atoms with E-state index in [2.05, 4.69) is 10.2 Å². The summed E-state index contributed by atoms with van der Waals surface area (Å²) in [5.41, 5.74) is -0.431. The van der Waals surface area contributed by atoms with Gasteiger partial charge >= 0.3 is 6.18 Å². The number of aromatic amines is 1. The van der Waals surface area contributed by atoms with Gasteiger partial charge < -0.3 is 4.74 Å². The van der Waals surface area contributed by atoms with Gasteiger partial charge in [-0.15, -0.1) is 0 Å². The lowest BCUT2D eigenvalue weighted by Crippen LogP contribution is -2.04. The van der Waals surface area contributed by atoms with Crippen LogP contribution in [0.3, 0.4) is 0 Å². The first kappa shape index (κ1) is 13.0. The molecule has 0 radical (unpaired) electrons. The Labute approximate surface area is 92.0 Å². The largest absolute Gasteiger partial charge is 0.435 e. The molecule has 3 nitrogen and oxygen atoms in total. The van der Waals surface area contributed by atoms with Crippen LogP contribution in [0.15, 0.2) is 6.07 Å². The highest BCUT2D eigenvalue weighted by Crippen LogP contribution is 2.27. The van der Waals surface area contributed by atoms with E-state index in [0.29, 0.717) is 25.3 Å². The summed E-state index contributed by atoms with van der Waals surface area (Å²) < 4.78 is 41.8. The quantitative estimate of drug-likeness (QED) is 0.771. The molecule has 0 saturated carbocycles. The zero-order valence-corrected chi connectivity index (χ0v) is 9.10. The maximum atomic E-state index is 12.2. The van der Waals surface area contributed by atoms with Crippen LogP contribution >= 0.6 is 0 Å². The van der Waals surface area contributed by atoms with Gasteiger partial charge in [-0.25, -0.2) is 0 Å². The first-order valence-electron chi connectivity index (χ1n) is 5.23. The van der Waals surface area contributed by atoms with Crippen molar-refractivity contribution in [3.63, 3.8) is 0 Å². The summed E-state index contributed by atoms with van der Waals surface area (Å²) >= 11 is 0. The number of aromatic nitrogens is 2. The number of H-pyrrole nitrogens is 1. The lowest BCUT2D eigenvalue weighted by molar-refractivity contribution is -0.141. The van der Waals surface area contributed by atoms with Crippen LogP contribution in [0, 0.1) is 0 Å². The Balaban J connectivity index is 2.30. The highest BCUT2D eigenvalue weighted by Gasteiger charge is 2.33. The van der Waals surface area contributed by atoms with Crippen molar-refractivity contribution in [1.82, 2.24) is 10.2 Å². The Morgan fingerprint density at radius 2 is 2.12 bits per heavy atom. The molecular weight excluding hydrogens is 221 g/mol. The number of unbranched alkanes of at least 4 members (excludes halogenated alkanes) is 1. The van der Waals surface area contributed by atoms with Gasteiger partial charge in [-0.1, -0.05) is 13.3 Å². The van der Waals surface area contributed by atoms with Crippen LogP contribution in [0.25, 0.3) is 0 Å². The van der Waals surface area contributed by atoms with Gasteiger partial charge in [0, 0.05) is 18.7 Å². The molecule has 0 aromatic carbocycles. The normalized spacial score (nSPS) is 12.0. The standard InChI is InChI=1S/C10H15F3N2O/c1-2-3-5-16-6-4-8-7-9(15-14-8)10(11,12)13/h7H,2-6H2,1H3,(H,14,15). The first-order valence-corrected chi connectivity index (χ1v) is 5.23. The molecule has 0 bridgehead atoms. The van der Waals surface area contributed by atoms with E-state index >= 15 is 0 Å². The van der Waals surface area contributed by atoms with Gasteiger partial charge in [-0.2, -0.15) is 18.3 Å². The fourth-order valence-corrected chi connectivity index (χ4v) is 1.17. The van der Waals surface area contributed by atoms with Crippen molar-refractivity contribution in [2.45, 2.75) is 32.4 Å². The Hall–Kier alpha value is -1.04. The summed E-state index contributed by atoms with van der Waals surface area (Å²) in [6, 6.07) is 1.02. The molecule has 1 N–H and O–H groups in total. The number of hydrogen-bond donors (Lipinski definition) is 1. The predicted octanol–water partition coefficient (Wildman–Crippen LogP) is 2.79. The molecule has 0 unspecified atom stereocenters. The fourth-order valence-electron chi connectivity index (χ4n) is 1.17. The number of halogens is 3. The molecule has 0 amide bonds. The smallest absolute Gasteiger partial charge is 0.381 e. The van der Waals surface area contributed by atoms with Gasteiger partial charge in [0.2, 0.25) is 0 Å². The molecule has 1 heterocycles. The molecule has 1 aromatic rings. The molecule has 6 heteroatoms. The second-order valence-corrected chi connectivity index (χ2v) is 3.49. The van der Waals surface area contributed by atoms with Crippen molar-refractivity contribution in [1.29, 1.82) is 0 Å². The van der Waals surface area contributed by atoms with Crippen molar-refractivity contribution >= 4 is 0 Å². The lowest BCUT2D eigenvalue weighted by atomic mass is 10.3. The van der Waals surface area contributed by atoms with E-state index in [-0.39, 0.29) is 0 Å². The SMILES string of the molecule is CCCCOCCc1cc(C(F)(F)F)n[nH]1. The van der Waals surface area contributed by atoms with Gasteiger partial charge in [0.05, 0.1) is 6.61 Å². The number of nitrogens with one attached hydrogen (secondary N) is 1. The summed E-state index contributed by atoms with van der Waals surface area (Å²) in [5.74, 6) is 0. The lowest BCUT2D eigenvalue weighted by Gasteiger charge is -2.01. The number of alkyl halides is 3. The van der Waals surface area contributed by atoms with Crippen LogP contribution in [0.1, 0.15) is 31.2 Å². The third kappa shape index (κ3) is 4.22. The van der Waals surface area contributed by atoms with Crippen molar-refractivity contribution in [2.75, 3.05) is 13.2 Å². The van der Waals surface area contributed by atoms with Gasteiger partial charge in [0.15, 0.2) is 5.69 Å². The van der Waals surface area contributed by atoms with Crippen molar-refractivity contribution < 1.29 is 17.9 Å². The highest BCUT2D eigenvalue weighted by molar-refractivity contribution is 5.11. The Morgan fingerprint density at radius 1 is 1.38 bits per heavy atom. The maximum Gasteiger partial charge on any atom is 0.435 e. The number of rotatable bonds is 6. The van der Waals surface area contributed by atoms with Crippen LogP contribution in [0.5, 0.6) is 0 Å². The zero-order valence-electron chi connectivity index (χ0n) is 9.10. The average molecular weight is 236 g/mol. The molecule has 92 valence electrons. The predicted molar refractivity (Wildman–Crippen MR) is 53.0 cm³/mol. The van der Waals surface area contributed by atoms with E-state index in [1.54, 1.807) is 0 Å². The first-order chi connectivity index (χ1) is 7.54. The van der Waals surface area contributed by atoms with Gasteiger partial charge in [-0.05, 0) is 12.5 Å². The van der Waals surface area contributed by atoms with E-state index < -0.39 is 11.9 Å². The Morgan fingerprint density at radius 3 is 2.69 bits per heavy atom. The third-order valence-corrected chi connectivity index (χ3v) is 2.08. The van der Waals surface area contributed by atoms with Crippen LogP contribution in [-0.2, 0) is 17.3 Å².